The second kappa shape index (κ2) is 7.59. The maximum absolute atomic E-state index is 13.5. The smallest absolute Gasteiger partial charge is 0.289 e. The number of carbonyl (C=O) groups is 1. The van der Waals surface area contributed by atoms with Gasteiger partial charge >= 0.3 is 6.18 Å². The van der Waals surface area contributed by atoms with Crippen LogP contribution in [0.2, 0.25) is 5.02 Å². The molecule has 164 valence electrons. The van der Waals surface area contributed by atoms with Crippen LogP contribution in [-0.2, 0) is 12.7 Å². The third-order valence-electron chi connectivity index (χ3n) is 5.02. The number of fused-ring (bicyclic) bond motifs is 1. The van der Waals surface area contributed by atoms with Gasteiger partial charge in [0.25, 0.3) is 5.91 Å². The number of benzene rings is 1. The molecule has 5 rings (SSSR count). The fraction of sp³-hybridized carbons (Fsp3) is 0.250. The lowest BCUT2D eigenvalue weighted by atomic mass is 10.2. The molecule has 3 heterocycles. The van der Waals surface area contributed by atoms with Gasteiger partial charge in [-0.25, -0.2) is 19.2 Å². The normalized spacial score (nSPS) is 14.1. The van der Waals surface area contributed by atoms with E-state index in [1.54, 1.807) is 18.2 Å². The first-order valence-electron chi connectivity index (χ1n) is 9.69. The van der Waals surface area contributed by atoms with Crippen molar-refractivity contribution in [2.75, 3.05) is 5.32 Å². The molecule has 1 aliphatic rings. The Labute approximate surface area is 184 Å². The molecule has 0 radical (unpaired) electrons. The van der Waals surface area contributed by atoms with Gasteiger partial charge in [-0.15, -0.1) is 5.10 Å². The molecule has 1 fully saturated rings. The van der Waals surface area contributed by atoms with Crippen molar-refractivity contribution in [3.8, 4) is 0 Å². The quantitative estimate of drug-likeness (QED) is 0.481. The molecule has 3 aromatic heterocycles. The van der Waals surface area contributed by atoms with Gasteiger partial charge in [0.2, 0.25) is 5.95 Å². The van der Waals surface area contributed by atoms with Crippen molar-refractivity contribution in [1.82, 2.24) is 29.4 Å². The average molecular weight is 462 g/mol. The van der Waals surface area contributed by atoms with Gasteiger partial charge in [-0.05, 0) is 36.6 Å². The van der Waals surface area contributed by atoms with Crippen LogP contribution in [0.1, 0.15) is 46.1 Å². The lowest BCUT2D eigenvalue weighted by Crippen LogP contribution is -2.16. The number of halogens is 4. The molecule has 0 bridgehead atoms. The molecular formula is C20H15ClF3N7O. The van der Waals surface area contributed by atoms with E-state index in [0.29, 0.717) is 21.8 Å². The maximum Gasteiger partial charge on any atom is 0.433 e. The number of alkyl halides is 3. The van der Waals surface area contributed by atoms with E-state index in [0.717, 1.165) is 30.7 Å². The van der Waals surface area contributed by atoms with Crippen molar-refractivity contribution in [3.05, 3.63) is 70.4 Å². The van der Waals surface area contributed by atoms with Gasteiger partial charge < -0.3 is 0 Å². The largest absolute Gasteiger partial charge is 0.433 e. The summed E-state index contributed by atoms with van der Waals surface area (Å²) in [6, 6.07) is 8.20. The van der Waals surface area contributed by atoms with Gasteiger partial charge in [0.15, 0.2) is 5.65 Å². The first-order chi connectivity index (χ1) is 15.3. The summed E-state index contributed by atoms with van der Waals surface area (Å²) in [6.45, 7) is 0.376. The van der Waals surface area contributed by atoms with Crippen molar-refractivity contribution in [2.24, 2.45) is 0 Å². The first-order valence-corrected chi connectivity index (χ1v) is 10.1. The molecule has 0 spiro atoms. The van der Waals surface area contributed by atoms with Gasteiger partial charge in [-0.1, -0.05) is 23.7 Å². The van der Waals surface area contributed by atoms with Crippen molar-refractivity contribution < 1.29 is 18.0 Å². The molecule has 0 unspecified atom stereocenters. The van der Waals surface area contributed by atoms with Gasteiger partial charge in [-0.3, -0.25) is 10.1 Å². The number of nitrogens with zero attached hydrogens (tertiary/aromatic N) is 6. The number of anilines is 1. The Kier molecular flexibility index (Phi) is 4.85. The average Bonchev–Trinajstić information content (AvgIpc) is 3.35. The van der Waals surface area contributed by atoms with E-state index >= 15 is 0 Å². The number of nitrogens with one attached hydrogen (secondary N) is 1. The van der Waals surface area contributed by atoms with E-state index < -0.39 is 17.8 Å². The summed E-state index contributed by atoms with van der Waals surface area (Å²) >= 11 is 5.98. The highest BCUT2D eigenvalue weighted by molar-refractivity contribution is 6.30. The zero-order valence-corrected chi connectivity index (χ0v) is 17.1. The minimum absolute atomic E-state index is 0.00534. The van der Waals surface area contributed by atoms with E-state index in [4.69, 9.17) is 11.6 Å². The zero-order valence-electron chi connectivity index (χ0n) is 16.3. The Bertz CT molecular complexity index is 1330. The van der Waals surface area contributed by atoms with Crippen molar-refractivity contribution in [1.29, 1.82) is 0 Å². The summed E-state index contributed by atoms with van der Waals surface area (Å²) in [7, 11) is 0. The lowest BCUT2D eigenvalue weighted by Gasteiger charge is -2.11. The van der Waals surface area contributed by atoms with Gasteiger partial charge in [-0.2, -0.15) is 18.3 Å². The summed E-state index contributed by atoms with van der Waals surface area (Å²) in [5.41, 5.74) is -0.0168. The van der Waals surface area contributed by atoms with Crippen LogP contribution in [-0.4, -0.2) is 35.3 Å². The summed E-state index contributed by atoms with van der Waals surface area (Å²) in [6.07, 6.45) is -0.607. The molecule has 4 aromatic rings. The molecule has 8 nitrogen and oxygen atoms in total. The predicted octanol–water partition coefficient (Wildman–Crippen LogP) is 4.17. The molecule has 1 aliphatic carbocycles. The monoisotopic (exact) mass is 461 g/mol. The summed E-state index contributed by atoms with van der Waals surface area (Å²) in [5.74, 6) is -0.726. The number of hydrogen-bond donors (Lipinski definition) is 1. The summed E-state index contributed by atoms with van der Waals surface area (Å²) in [5, 5.41) is 11.0. The van der Waals surface area contributed by atoms with Crippen LogP contribution in [0.15, 0.2) is 42.9 Å². The second-order valence-electron chi connectivity index (χ2n) is 7.48. The Morgan fingerprint density at radius 3 is 2.78 bits per heavy atom. The predicted molar refractivity (Wildman–Crippen MR) is 108 cm³/mol. The SMILES string of the molecule is O=C(Nc1ncn(Cc2cccc(Cl)c2)n1)c1cnn2c(C(F)(F)F)cc(C3CC3)nc12. The van der Waals surface area contributed by atoms with E-state index in [-0.39, 0.29) is 23.1 Å². The van der Waals surface area contributed by atoms with Crippen LogP contribution < -0.4 is 5.32 Å². The minimum Gasteiger partial charge on any atom is -0.289 e. The maximum atomic E-state index is 13.5. The Morgan fingerprint density at radius 2 is 2.06 bits per heavy atom. The highest BCUT2D eigenvalue weighted by Gasteiger charge is 2.38. The van der Waals surface area contributed by atoms with E-state index in [1.807, 2.05) is 6.07 Å². The van der Waals surface area contributed by atoms with Crippen LogP contribution >= 0.6 is 11.6 Å². The Balaban J connectivity index is 1.41. The lowest BCUT2D eigenvalue weighted by molar-refractivity contribution is -0.142. The van der Waals surface area contributed by atoms with Crippen molar-refractivity contribution in [2.45, 2.75) is 31.5 Å². The number of carbonyl (C=O) groups excluding carboxylic acids is 1. The van der Waals surface area contributed by atoms with Crippen molar-refractivity contribution in [3.63, 3.8) is 0 Å². The molecular weight excluding hydrogens is 447 g/mol. The van der Waals surface area contributed by atoms with Crippen LogP contribution in [0.4, 0.5) is 19.1 Å². The molecule has 0 saturated heterocycles. The fourth-order valence-corrected chi connectivity index (χ4v) is 3.56. The van der Waals surface area contributed by atoms with Crippen LogP contribution in [0.3, 0.4) is 0 Å². The number of amides is 1. The standard InChI is InChI=1S/C20H15ClF3N7O/c21-13-3-1-2-11(6-13)9-30-10-25-19(29-30)28-18(32)14-8-26-31-16(20(22,23)24)7-15(12-4-5-12)27-17(14)31/h1-3,6-8,10,12H,4-5,9H2,(H,28,29,32). The van der Waals surface area contributed by atoms with Gasteiger partial charge in [0.1, 0.15) is 17.6 Å². The molecule has 1 aromatic carbocycles. The van der Waals surface area contributed by atoms with E-state index in [9.17, 15) is 18.0 Å². The van der Waals surface area contributed by atoms with Gasteiger partial charge in [0, 0.05) is 16.6 Å². The summed E-state index contributed by atoms with van der Waals surface area (Å²) < 4.78 is 42.7. The summed E-state index contributed by atoms with van der Waals surface area (Å²) in [4.78, 5) is 21.1. The van der Waals surface area contributed by atoms with E-state index in [2.05, 4.69) is 25.5 Å². The third-order valence-corrected chi connectivity index (χ3v) is 5.25. The highest BCUT2D eigenvalue weighted by atomic mass is 35.5. The Hall–Kier alpha value is -3.47. The molecule has 1 amide bonds. The molecule has 1 saturated carbocycles. The molecule has 0 aliphatic heterocycles. The highest BCUT2D eigenvalue weighted by Crippen LogP contribution is 2.41. The molecule has 0 atom stereocenters. The topological polar surface area (TPSA) is 90.0 Å². The first kappa shape index (κ1) is 20.4. The van der Waals surface area contributed by atoms with E-state index in [1.165, 1.54) is 11.0 Å². The third kappa shape index (κ3) is 4.03. The molecule has 32 heavy (non-hydrogen) atoms. The van der Waals surface area contributed by atoms with Gasteiger partial charge in [0.05, 0.1) is 12.7 Å². The van der Waals surface area contributed by atoms with Crippen LogP contribution in [0.25, 0.3) is 5.65 Å². The minimum atomic E-state index is -4.63. The number of aromatic nitrogens is 6. The Morgan fingerprint density at radius 1 is 1.25 bits per heavy atom. The number of rotatable bonds is 5. The van der Waals surface area contributed by atoms with Crippen LogP contribution in [0.5, 0.6) is 0 Å². The van der Waals surface area contributed by atoms with Crippen LogP contribution in [0, 0.1) is 0 Å². The second-order valence-corrected chi connectivity index (χ2v) is 7.92. The number of hydrogen-bond acceptors (Lipinski definition) is 5. The fourth-order valence-electron chi connectivity index (χ4n) is 3.35. The zero-order chi connectivity index (χ0) is 22.5. The van der Waals surface area contributed by atoms with Crippen molar-refractivity contribution >= 4 is 29.1 Å². The molecule has 1 N–H and O–H groups in total. The molecule has 12 heteroatoms.